The normalized spacial score (nSPS) is 24.0. The Labute approximate surface area is 261 Å². The van der Waals surface area contributed by atoms with Crippen LogP contribution < -0.4 is 9.64 Å². The number of nitrogens with zero attached hydrogens (tertiary/aromatic N) is 7. The number of ether oxygens (including phenoxy) is 3. The largest absolute Gasteiger partial charge is 0.474 e. The van der Waals surface area contributed by atoms with E-state index in [1.54, 1.807) is 30.3 Å². The van der Waals surface area contributed by atoms with Gasteiger partial charge in [0.05, 0.1) is 37.5 Å². The van der Waals surface area contributed by atoms with Crippen LogP contribution in [0.15, 0.2) is 30.3 Å². The molecule has 0 radical (unpaired) electrons. The fourth-order valence-corrected chi connectivity index (χ4v) is 7.16. The minimum atomic E-state index is -2.79. The number of hydrogen-bond donors (Lipinski definition) is 0. The van der Waals surface area contributed by atoms with Crippen LogP contribution in [-0.4, -0.2) is 113 Å². The highest BCUT2D eigenvalue weighted by molar-refractivity contribution is 5.79. The molecule has 0 atom stereocenters. The van der Waals surface area contributed by atoms with E-state index in [1.165, 1.54) is 4.57 Å². The van der Waals surface area contributed by atoms with Gasteiger partial charge in [0, 0.05) is 57.3 Å². The standard InChI is InChI=1S/C32H41F2N7O4/c33-29(34)30-35-25-3-1-2-4-26(25)41(30)27-21-28(37-32(36-27)40-15-19-44-20-16-40)45-24-7-5-22(6-8-24)31(42)39-11-9-23(10-12-39)38-13-17-43-18-14-38/h1-4,21-24,29H,5-20H2. The molecule has 5 heterocycles. The predicted molar refractivity (Wildman–Crippen MR) is 163 cm³/mol. The Morgan fingerprint density at radius 2 is 1.53 bits per heavy atom. The minimum absolute atomic E-state index is 0.000529. The molecule has 0 N–H and O–H groups in total. The first-order valence-corrected chi connectivity index (χ1v) is 16.3. The maximum atomic E-state index is 14.2. The fourth-order valence-electron chi connectivity index (χ4n) is 7.16. The lowest BCUT2D eigenvalue weighted by Crippen LogP contribution is -2.51. The molecule has 2 aromatic heterocycles. The molecule has 242 valence electrons. The molecule has 4 aliphatic rings. The smallest absolute Gasteiger partial charge is 0.296 e. The van der Waals surface area contributed by atoms with Crippen molar-refractivity contribution in [2.75, 3.05) is 70.6 Å². The number of para-hydroxylation sites is 2. The van der Waals surface area contributed by atoms with Gasteiger partial charge in [0.2, 0.25) is 17.7 Å². The van der Waals surface area contributed by atoms with Crippen molar-refractivity contribution < 1.29 is 27.8 Å². The van der Waals surface area contributed by atoms with E-state index in [9.17, 15) is 13.6 Å². The van der Waals surface area contributed by atoms with E-state index in [1.807, 2.05) is 4.90 Å². The maximum Gasteiger partial charge on any atom is 0.296 e. The van der Waals surface area contributed by atoms with Crippen molar-refractivity contribution >= 4 is 22.9 Å². The van der Waals surface area contributed by atoms with Gasteiger partial charge < -0.3 is 24.0 Å². The lowest BCUT2D eigenvalue weighted by molar-refractivity contribution is -0.139. The second kappa shape index (κ2) is 13.5. The third-order valence-electron chi connectivity index (χ3n) is 9.63. The average molecular weight is 626 g/mol. The zero-order chi connectivity index (χ0) is 30.8. The first-order valence-electron chi connectivity index (χ1n) is 16.3. The highest BCUT2D eigenvalue weighted by Gasteiger charge is 2.34. The van der Waals surface area contributed by atoms with Gasteiger partial charge in [-0.15, -0.1) is 0 Å². The zero-order valence-electron chi connectivity index (χ0n) is 25.5. The Hall–Kier alpha value is -3.42. The van der Waals surface area contributed by atoms with Gasteiger partial charge in [-0.2, -0.15) is 9.97 Å². The van der Waals surface area contributed by atoms with Gasteiger partial charge in [0.15, 0.2) is 5.82 Å². The molecule has 3 saturated heterocycles. The van der Waals surface area contributed by atoms with Crippen molar-refractivity contribution in [1.82, 2.24) is 29.3 Å². The fraction of sp³-hybridized carbons (Fsp3) is 0.625. The number of alkyl halides is 2. The molecule has 3 aromatic rings. The van der Waals surface area contributed by atoms with E-state index < -0.39 is 6.43 Å². The van der Waals surface area contributed by atoms with E-state index >= 15 is 0 Å². The summed E-state index contributed by atoms with van der Waals surface area (Å²) in [6.45, 7) is 7.43. The monoisotopic (exact) mass is 625 g/mol. The number of carbonyl (C=O) groups excluding carboxylic acids is 1. The van der Waals surface area contributed by atoms with Crippen LogP contribution in [0.4, 0.5) is 14.7 Å². The van der Waals surface area contributed by atoms with Crippen LogP contribution in [0.2, 0.25) is 0 Å². The van der Waals surface area contributed by atoms with Gasteiger partial charge >= 0.3 is 0 Å². The molecule has 0 bridgehead atoms. The Balaban J connectivity index is 1.04. The molecule has 1 aliphatic carbocycles. The summed E-state index contributed by atoms with van der Waals surface area (Å²) in [4.78, 5) is 33.6. The summed E-state index contributed by atoms with van der Waals surface area (Å²) in [6.07, 6.45) is 2.08. The van der Waals surface area contributed by atoms with Crippen molar-refractivity contribution in [1.29, 1.82) is 0 Å². The molecule has 11 nitrogen and oxygen atoms in total. The average Bonchev–Trinajstić information content (AvgIpc) is 3.49. The first-order chi connectivity index (χ1) is 22.0. The predicted octanol–water partition coefficient (Wildman–Crippen LogP) is 3.85. The second-order valence-corrected chi connectivity index (χ2v) is 12.4. The number of likely N-dealkylation sites (tertiary alicyclic amines) is 1. The van der Waals surface area contributed by atoms with Crippen molar-refractivity contribution in [3.63, 3.8) is 0 Å². The summed E-state index contributed by atoms with van der Waals surface area (Å²) in [6, 6.07) is 9.21. The highest BCUT2D eigenvalue weighted by Crippen LogP contribution is 2.33. The molecule has 3 aliphatic heterocycles. The molecule has 7 rings (SSSR count). The maximum absolute atomic E-state index is 14.2. The summed E-state index contributed by atoms with van der Waals surface area (Å²) >= 11 is 0. The van der Waals surface area contributed by atoms with Gasteiger partial charge in [-0.3, -0.25) is 14.3 Å². The Morgan fingerprint density at radius 3 is 2.24 bits per heavy atom. The number of halogens is 2. The number of benzene rings is 1. The highest BCUT2D eigenvalue weighted by atomic mass is 19.3. The van der Waals surface area contributed by atoms with Gasteiger partial charge in [0.1, 0.15) is 11.9 Å². The minimum Gasteiger partial charge on any atom is -0.474 e. The molecular weight excluding hydrogens is 584 g/mol. The molecule has 0 spiro atoms. The van der Waals surface area contributed by atoms with E-state index in [0.717, 1.165) is 77.9 Å². The molecule has 13 heteroatoms. The van der Waals surface area contributed by atoms with E-state index in [2.05, 4.69) is 14.8 Å². The van der Waals surface area contributed by atoms with Crippen molar-refractivity contribution in [2.45, 2.75) is 57.1 Å². The Bertz CT molecular complexity index is 1460. The molecule has 0 unspecified atom stereocenters. The van der Waals surface area contributed by atoms with Gasteiger partial charge in [-0.05, 0) is 50.7 Å². The lowest BCUT2D eigenvalue weighted by Gasteiger charge is -2.41. The molecule has 1 saturated carbocycles. The van der Waals surface area contributed by atoms with Crippen LogP contribution in [0.5, 0.6) is 5.88 Å². The number of rotatable bonds is 7. The number of amides is 1. The third kappa shape index (κ3) is 6.61. The quantitative estimate of drug-likeness (QED) is 0.388. The molecule has 1 amide bonds. The molecule has 4 fully saturated rings. The Kier molecular flexibility index (Phi) is 9.08. The van der Waals surface area contributed by atoms with Crippen LogP contribution in [-0.2, 0) is 14.3 Å². The van der Waals surface area contributed by atoms with Crippen molar-refractivity contribution in [2.24, 2.45) is 5.92 Å². The summed E-state index contributed by atoms with van der Waals surface area (Å²) in [5.41, 5.74) is 1.01. The summed E-state index contributed by atoms with van der Waals surface area (Å²) < 4.78 is 47.2. The topological polar surface area (TPSA) is 98.1 Å². The number of anilines is 1. The van der Waals surface area contributed by atoms with E-state index in [-0.39, 0.29) is 29.6 Å². The van der Waals surface area contributed by atoms with Crippen LogP contribution in [0.3, 0.4) is 0 Å². The summed E-state index contributed by atoms with van der Waals surface area (Å²) in [7, 11) is 0. The number of aromatic nitrogens is 4. The SMILES string of the molecule is O=C(C1CCC(Oc2cc(-n3c(C(F)F)nc4ccccc43)nc(N3CCOCC3)n2)CC1)N1CCC(N2CCOCC2)CC1. The first kappa shape index (κ1) is 30.2. The number of carbonyl (C=O) groups is 1. The summed E-state index contributed by atoms with van der Waals surface area (Å²) in [5.74, 6) is 0.920. The third-order valence-corrected chi connectivity index (χ3v) is 9.63. The number of piperidine rings is 1. The van der Waals surface area contributed by atoms with Crippen LogP contribution >= 0.6 is 0 Å². The van der Waals surface area contributed by atoms with Gasteiger partial charge in [-0.25, -0.2) is 13.8 Å². The van der Waals surface area contributed by atoms with Crippen LogP contribution in [0, 0.1) is 5.92 Å². The number of morpholine rings is 2. The molecule has 1 aromatic carbocycles. The van der Waals surface area contributed by atoms with E-state index in [4.69, 9.17) is 24.2 Å². The zero-order valence-corrected chi connectivity index (χ0v) is 25.5. The lowest BCUT2D eigenvalue weighted by atomic mass is 9.86. The molecular formula is C32H41F2N7O4. The summed E-state index contributed by atoms with van der Waals surface area (Å²) in [5, 5.41) is 0. The van der Waals surface area contributed by atoms with Crippen LogP contribution in [0.1, 0.15) is 50.8 Å². The Morgan fingerprint density at radius 1 is 0.844 bits per heavy atom. The van der Waals surface area contributed by atoms with Crippen molar-refractivity contribution in [3.8, 4) is 11.7 Å². The van der Waals surface area contributed by atoms with E-state index in [0.29, 0.717) is 55.2 Å². The number of hydrogen-bond acceptors (Lipinski definition) is 9. The van der Waals surface area contributed by atoms with Crippen molar-refractivity contribution in [3.05, 3.63) is 36.2 Å². The van der Waals surface area contributed by atoms with Gasteiger partial charge in [-0.1, -0.05) is 12.1 Å². The molecule has 45 heavy (non-hydrogen) atoms. The van der Waals surface area contributed by atoms with Crippen LogP contribution in [0.25, 0.3) is 16.9 Å². The van der Waals surface area contributed by atoms with Gasteiger partial charge in [0.25, 0.3) is 6.43 Å². The second-order valence-electron chi connectivity index (χ2n) is 12.4. The number of fused-ring (bicyclic) bond motifs is 1. The number of imidazole rings is 1.